The Hall–Kier alpha value is -3.64. The Bertz CT molecular complexity index is 1500. The summed E-state index contributed by atoms with van der Waals surface area (Å²) in [4.78, 5) is 0. The zero-order valence-corrected chi connectivity index (χ0v) is 17.9. The Morgan fingerprint density at radius 1 is 0.419 bits per heavy atom. The molecular formula is C31H24. The Balaban J connectivity index is 1.53. The predicted molar refractivity (Wildman–Crippen MR) is 135 cm³/mol. The molecule has 0 saturated heterocycles. The van der Waals surface area contributed by atoms with E-state index in [9.17, 15) is 0 Å². The van der Waals surface area contributed by atoms with Crippen molar-refractivity contribution in [2.24, 2.45) is 0 Å². The molecule has 0 aliphatic heterocycles. The fraction of sp³-hybridized carbons (Fsp3) is 0.0968. The molecule has 0 heterocycles. The van der Waals surface area contributed by atoms with Gasteiger partial charge in [-0.2, -0.15) is 0 Å². The standard InChI is InChI=1S/C31H24/c1-20-15-22(18-30-26(20)13-11-24-7-3-5-9-28(24)30)17-23-16-21(2)27-14-12-25-8-4-6-10-29(25)31(27)19-23/h3-16,18-19H,17H2,1-2H3. The molecular weight excluding hydrogens is 372 g/mol. The first kappa shape index (κ1) is 18.2. The molecule has 0 nitrogen and oxygen atoms in total. The van der Waals surface area contributed by atoms with Gasteiger partial charge in [0.1, 0.15) is 0 Å². The van der Waals surface area contributed by atoms with Crippen molar-refractivity contribution < 1.29 is 0 Å². The smallest absolute Gasteiger partial charge is 0.00251 e. The van der Waals surface area contributed by atoms with Crippen molar-refractivity contribution in [3.05, 3.63) is 119 Å². The van der Waals surface area contributed by atoms with E-state index in [2.05, 4.69) is 111 Å². The molecule has 0 unspecified atom stereocenters. The van der Waals surface area contributed by atoms with Crippen molar-refractivity contribution in [2.45, 2.75) is 20.3 Å². The molecule has 6 aromatic rings. The summed E-state index contributed by atoms with van der Waals surface area (Å²) in [5, 5.41) is 10.7. The average molecular weight is 397 g/mol. The van der Waals surface area contributed by atoms with Crippen LogP contribution in [0.5, 0.6) is 0 Å². The van der Waals surface area contributed by atoms with Crippen molar-refractivity contribution in [1.29, 1.82) is 0 Å². The summed E-state index contributed by atoms with van der Waals surface area (Å²) in [5.41, 5.74) is 5.45. The number of rotatable bonds is 2. The molecule has 148 valence electrons. The highest BCUT2D eigenvalue weighted by Crippen LogP contribution is 2.32. The molecule has 0 spiro atoms. The third-order valence-corrected chi connectivity index (χ3v) is 6.66. The van der Waals surface area contributed by atoms with Crippen LogP contribution in [-0.2, 0) is 6.42 Å². The van der Waals surface area contributed by atoms with Crippen molar-refractivity contribution in [3.63, 3.8) is 0 Å². The van der Waals surface area contributed by atoms with E-state index in [1.54, 1.807) is 0 Å². The van der Waals surface area contributed by atoms with Crippen LogP contribution >= 0.6 is 0 Å². The van der Waals surface area contributed by atoms with Crippen molar-refractivity contribution in [1.82, 2.24) is 0 Å². The highest BCUT2D eigenvalue weighted by atomic mass is 14.1. The van der Waals surface area contributed by atoms with Crippen LogP contribution in [0.25, 0.3) is 43.1 Å². The molecule has 0 radical (unpaired) electrons. The van der Waals surface area contributed by atoms with E-state index in [0.717, 1.165) is 6.42 Å². The summed E-state index contributed by atoms with van der Waals surface area (Å²) in [6, 6.07) is 35.9. The SMILES string of the molecule is Cc1cc(Cc2cc(C)c3ccc4ccccc4c3c2)cc2c1ccc1ccccc12. The van der Waals surface area contributed by atoms with Gasteiger partial charge >= 0.3 is 0 Å². The average Bonchev–Trinajstić information content (AvgIpc) is 2.79. The highest BCUT2D eigenvalue weighted by molar-refractivity contribution is 6.09. The first-order chi connectivity index (χ1) is 15.2. The summed E-state index contributed by atoms with van der Waals surface area (Å²) in [7, 11) is 0. The lowest BCUT2D eigenvalue weighted by Gasteiger charge is -2.13. The van der Waals surface area contributed by atoms with Gasteiger partial charge < -0.3 is 0 Å². The van der Waals surface area contributed by atoms with Crippen LogP contribution in [-0.4, -0.2) is 0 Å². The lowest BCUT2D eigenvalue weighted by atomic mass is 9.92. The molecule has 6 rings (SSSR count). The van der Waals surface area contributed by atoms with Crippen LogP contribution in [0, 0.1) is 13.8 Å². The molecule has 0 atom stereocenters. The van der Waals surface area contributed by atoms with E-state index in [4.69, 9.17) is 0 Å². The van der Waals surface area contributed by atoms with E-state index >= 15 is 0 Å². The maximum absolute atomic E-state index is 2.40. The van der Waals surface area contributed by atoms with Gasteiger partial charge in [0.15, 0.2) is 0 Å². The third kappa shape index (κ3) is 2.99. The van der Waals surface area contributed by atoms with Crippen LogP contribution in [0.3, 0.4) is 0 Å². The van der Waals surface area contributed by atoms with E-state index in [-0.39, 0.29) is 0 Å². The quantitative estimate of drug-likeness (QED) is 0.257. The van der Waals surface area contributed by atoms with Gasteiger partial charge in [-0.25, -0.2) is 0 Å². The lowest BCUT2D eigenvalue weighted by Crippen LogP contribution is -1.93. The second-order valence-electron chi connectivity index (χ2n) is 8.77. The largest absolute Gasteiger partial charge is 0.0616 e. The van der Waals surface area contributed by atoms with Gasteiger partial charge in [-0.15, -0.1) is 0 Å². The predicted octanol–water partition coefficient (Wildman–Crippen LogP) is 8.51. The molecule has 0 N–H and O–H groups in total. The van der Waals surface area contributed by atoms with Crippen molar-refractivity contribution >= 4 is 43.1 Å². The summed E-state index contributed by atoms with van der Waals surface area (Å²) in [5.74, 6) is 0. The van der Waals surface area contributed by atoms with Gasteiger partial charge in [-0.3, -0.25) is 0 Å². The number of hydrogen-bond acceptors (Lipinski definition) is 0. The Morgan fingerprint density at radius 3 is 1.35 bits per heavy atom. The van der Waals surface area contributed by atoms with Gasteiger partial charge in [0, 0.05) is 0 Å². The topological polar surface area (TPSA) is 0 Å². The number of benzene rings is 6. The van der Waals surface area contributed by atoms with Crippen LogP contribution in [0.2, 0.25) is 0 Å². The minimum Gasteiger partial charge on any atom is -0.0616 e. The fourth-order valence-electron chi connectivity index (χ4n) is 5.20. The van der Waals surface area contributed by atoms with E-state index in [0.29, 0.717) is 0 Å². The molecule has 0 heteroatoms. The first-order valence-electron chi connectivity index (χ1n) is 11.0. The molecule has 0 bridgehead atoms. The molecule has 0 saturated carbocycles. The summed E-state index contributed by atoms with van der Waals surface area (Å²) in [6.07, 6.45) is 0.944. The van der Waals surface area contributed by atoms with Gasteiger partial charge in [0.2, 0.25) is 0 Å². The summed E-state index contributed by atoms with van der Waals surface area (Å²) < 4.78 is 0. The normalized spacial score (nSPS) is 11.7. The third-order valence-electron chi connectivity index (χ3n) is 6.66. The van der Waals surface area contributed by atoms with Crippen molar-refractivity contribution in [3.8, 4) is 0 Å². The summed E-state index contributed by atoms with van der Waals surface area (Å²) in [6.45, 7) is 4.47. The Labute approximate surface area is 182 Å². The van der Waals surface area contributed by atoms with Gasteiger partial charge in [0.25, 0.3) is 0 Å². The van der Waals surface area contributed by atoms with Crippen LogP contribution in [0.4, 0.5) is 0 Å². The lowest BCUT2D eigenvalue weighted by molar-refractivity contribution is 1.19. The number of fused-ring (bicyclic) bond motifs is 6. The Morgan fingerprint density at radius 2 is 0.871 bits per heavy atom. The molecule has 6 aromatic carbocycles. The van der Waals surface area contributed by atoms with Crippen LogP contribution in [0.15, 0.2) is 97.1 Å². The van der Waals surface area contributed by atoms with Crippen LogP contribution < -0.4 is 0 Å². The number of hydrogen-bond donors (Lipinski definition) is 0. The zero-order valence-electron chi connectivity index (χ0n) is 17.9. The van der Waals surface area contributed by atoms with Gasteiger partial charge in [0.05, 0.1) is 0 Å². The van der Waals surface area contributed by atoms with E-state index in [1.807, 2.05) is 0 Å². The molecule has 31 heavy (non-hydrogen) atoms. The van der Waals surface area contributed by atoms with Gasteiger partial charge in [-0.05, 0) is 85.6 Å². The first-order valence-corrected chi connectivity index (χ1v) is 11.0. The molecule has 0 aliphatic carbocycles. The second kappa shape index (κ2) is 6.96. The maximum Gasteiger partial charge on any atom is -0.00251 e. The molecule has 0 fully saturated rings. The minimum atomic E-state index is 0.944. The maximum atomic E-state index is 2.40. The molecule has 0 amide bonds. The zero-order chi connectivity index (χ0) is 20.9. The minimum absolute atomic E-state index is 0.944. The van der Waals surface area contributed by atoms with E-state index in [1.165, 1.54) is 65.3 Å². The molecule has 0 aliphatic rings. The Kier molecular flexibility index (Phi) is 4.07. The van der Waals surface area contributed by atoms with E-state index < -0.39 is 0 Å². The fourth-order valence-corrected chi connectivity index (χ4v) is 5.20. The monoisotopic (exact) mass is 396 g/mol. The van der Waals surface area contributed by atoms with Gasteiger partial charge in [-0.1, -0.05) is 97.1 Å². The number of aryl methyl sites for hydroxylation is 2. The van der Waals surface area contributed by atoms with Crippen LogP contribution in [0.1, 0.15) is 22.3 Å². The second-order valence-corrected chi connectivity index (χ2v) is 8.77. The van der Waals surface area contributed by atoms with Crippen molar-refractivity contribution in [2.75, 3.05) is 0 Å². The summed E-state index contributed by atoms with van der Waals surface area (Å²) >= 11 is 0. The molecule has 0 aromatic heterocycles. The highest BCUT2D eigenvalue weighted by Gasteiger charge is 2.09.